The van der Waals surface area contributed by atoms with Crippen molar-refractivity contribution in [3.63, 3.8) is 0 Å². The summed E-state index contributed by atoms with van der Waals surface area (Å²) in [5, 5.41) is 2.90. The van der Waals surface area contributed by atoms with Crippen molar-refractivity contribution in [1.82, 2.24) is 0 Å². The fourth-order valence-corrected chi connectivity index (χ4v) is 9.89. The van der Waals surface area contributed by atoms with E-state index in [-0.39, 0.29) is 17.1 Å². The molecule has 0 amide bonds. The van der Waals surface area contributed by atoms with E-state index in [0.717, 1.165) is 18.0 Å². The molecule has 1 heterocycles. The molecule has 0 aliphatic carbocycles. The Labute approximate surface area is 157 Å². The first-order valence-electron chi connectivity index (χ1n) is 9.35. The molecule has 1 saturated heterocycles. The van der Waals surface area contributed by atoms with Gasteiger partial charge in [0.25, 0.3) is 0 Å². The van der Waals surface area contributed by atoms with Gasteiger partial charge in [0.15, 0.2) is 0 Å². The first-order valence-corrected chi connectivity index (χ1v) is 11.6. The number of hydrogen-bond acceptors (Lipinski definition) is 2. The molecule has 1 atom stereocenters. The number of benzene rings is 2. The van der Waals surface area contributed by atoms with Crippen LogP contribution in [-0.2, 0) is 9.53 Å². The van der Waals surface area contributed by atoms with Crippen LogP contribution in [-0.4, -0.2) is 20.1 Å². The second-order valence-electron chi connectivity index (χ2n) is 8.14. The van der Waals surface area contributed by atoms with Crippen molar-refractivity contribution >= 4 is 24.4 Å². The number of carbonyl (C=O) groups excluding carboxylic acids is 1. The van der Waals surface area contributed by atoms with Gasteiger partial charge in [-0.3, -0.25) is 0 Å². The zero-order chi connectivity index (χ0) is 18.8. The minimum Gasteiger partial charge on any atom is -0.459 e. The topological polar surface area (TPSA) is 26.3 Å². The van der Waals surface area contributed by atoms with Crippen molar-refractivity contribution in [2.24, 2.45) is 0 Å². The van der Waals surface area contributed by atoms with Gasteiger partial charge in [0.2, 0.25) is 0 Å². The Kier molecular flexibility index (Phi) is 5.19. The van der Waals surface area contributed by atoms with Gasteiger partial charge in [-0.2, -0.15) is 0 Å². The van der Waals surface area contributed by atoms with Crippen LogP contribution >= 0.6 is 0 Å². The SMILES string of the molecule is C/C=C1\CC(C[Si](c2ccccc2)(c2ccccc2)C(C)(C)C)OC1=O. The summed E-state index contributed by atoms with van der Waals surface area (Å²) in [5.41, 5.74) is 0.813. The molecule has 2 aromatic rings. The van der Waals surface area contributed by atoms with Gasteiger partial charge in [0.1, 0.15) is 14.2 Å². The lowest BCUT2D eigenvalue weighted by molar-refractivity contribution is -0.138. The molecule has 1 unspecified atom stereocenters. The molecular formula is C23H28O2Si. The number of carbonyl (C=O) groups is 1. The maximum absolute atomic E-state index is 12.1. The zero-order valence-electron chi connectivity index (χ0n) is 16.2. The van der Waals surface area contributed by atoms with Crippen LogP contribution in [0.15, 0.2) is 72.3 Å². The highest BCUT2D eigenvalue weighted by Gasteiger charge is 2.50. The van der Waals surface area contributed by atoms with Gasteiger partial charge >= 0.3 is 5.97 Å². The van der Waals surface area contributed by atoms with Crippen molar-refractivity contribution < 1.29 is 9.53 Å². The van der Waals surface area contributed by atoms with Crippen LogP contribution in [0.5, 0.6) is 0 Å². The molecule has 0 saturated carbocycles. The van der Waals surface area contributed by atoms with E-state index in [4.69, 9.17) is 4.74 Å². The van der Waals surface area contributed by atoms with Crippen LogP contribution in [0.3, 0.4) is 0 Å². The van der Waals surface area contributed by atoms with Crippen molar-refractivity contribution in [1.29, 1.82) is 0 Å². The molecule has 0 bridgehead atoms. The van der Waals surface area contributed by atoms with E-state index in [9.17, 15) is 4.79 Å². The Bertz CT molecular complexity index is 748. The van der Waals surface area contributed by atoms with Crippen LogP contribution in [0.1, 0.15) is 34.1 Å². The highest BCUT2D eigenvalue weighted by atomic mass is 28.3. The van der Waals surface area contributed by atoms with E-state index in [1.165, 1.54) is 10.4 Å². The molecule has 1 aliphatic heterocycles. The summed E-state index contributed by atoms with van der Waals surface area (Å²) in [5.74, 6) is -0.143. The van der Waals surface area contributed by atoms with Gasteiger partial charge in [0, 0.05) is 12.0 Å². The molecule has 3 rings (SSSR count). The Morgan fingerprint density at radius 3 is 1.88 bits per heavy atom. The predicted molar refractivity (Wildman–Crippen MR) is 111 cm³/mol. The number of ether oxygens (including phenoxy) is 1. The molecule has 136 valence electrons. The fourth-order valence-electron chi connectivity index (χ4n) is 4.31. The Hall–Kier alpha value is -2.13. The monoisotopic (exact) mass is 364 g/mol. The van der Waals surface area contributed by atoms with Gasteiger partial charge in [0.05, 0.1) is 0 Å². The summed E-state index contributed by atoms with van der Waals surface area (Å²) >= 11 is 0. The van der Waals surface area contributed by atoms with Gasteiger partial charge < -0.3 is 4.74 Å². The van der Waals surface area contributed by atoms with Crippen LogP contribution in [0.2, 0.25) is 11.1 Å². The largest absolute Gasteiger partial charge is 0.459 e. The smallest absolute Gasteiger partial charge is 0.334 e. The number of allylic oxidation sites excluding steroid dienone is 1. The molecule has 2 nitrogen and oxygen atoms in total. The third-order valence-electron chi connectivity index (χ3n) is 5.68. The Morgan fingerprint density at radius 2 is 1.50 bits per heavy atom. The van der Waals surface area contributed by atoms with Gasteiger partial charge in [-0.15, -0.1) is 0 Å². The van der Waals surface area contributed by atoms with Crippen LogP contribution in [0.4, 0.5) is 0 Å². The summed E-state index contributed by atoms with van der Waals surface area (Å²) in [6.45, 7) is 8.94. The van der Waals surface area contributed by atoms with Gasteiger partial charge in [-0.1, -0.05) is 97.9 Å². The Balaban J connectivity index is 2.14. The number of hydrogen-bond donors (Lipinski definition) is 0. The summed E-state index contributed by atoms with van der Waals surface area (Å²) < 4.78 is 5.79. The summed E-state index contributed by atoms with van der Waals surface area (Å²) in [4.78, 5) is 12.1. The fraction of sp³-hybridized carbons (Fsp3) is 0.348. The van der Waals surface area contributed by atoms with Gasteiger partial charge in [-0.25, -0.2) is 4.79 Å². The van der Waals surface area contributed by atoms with Crippen molar-refractivity contribution in [3.05, 3.63) is 72.3 Å². The third-order valence-corrected chi connectivity index (χ3v) is 11.9. The molecule has 0 radical (unpaired) electrons. The van der Waals surface area contributed by atoms with Crippen molar-refractivity contribution in [2.45, 2.75) is 51.3 Å². The lowest BCUT2D eigenvalue weighted by Gasteiger charge is -2.45. The lowest BCUT2D eigenvalue weighted by Crippen LogP contribution is -2.65. The third kappa shape index (κ3) is 3.28. The van der Waals surface area contributed by atoms with Crippen molar-refractivity contribution in [2.75, 3.05) is 0 Å². The first kappa shape index (κ1) is 18.7. The molecule has 0 aromatic heterocycles. The van der Waals surface area contributed by atoms with E-state index in [1.54, 1.807) is 0 Å². The van der Waals surface area contributed by atoms with Crippen LogP contribution in [0.25, 0.3) is 0 Å². The van der Waals surface area contributed by atoms with E-state index in [1.807, 2.05) is 13.0 Å². The highest BCUT2D eigenvalue weighted by molar-refractivity contribution is 7.04. The second kappa shape index (κ2) is 7.24. The molecule has 1 aliphatic rings. The Morgan fingerprint density at radius 1 is 1.00 bits per heavy atom. The minimum atomic E-state index is -2.19. The molecule has 0 spiro atoms. The van der Waals surface area contributed by atoms with Gasteiger partial charge in [-0.05, 0) is 18.0 Å². The highest BCUT2D eigenvalue weighted by Crippen LogP contribution is 2.41. The maximum Gasteiger partial charge on any atom is 0.334 e. The quantitative estimate of drug-likeness (QED) is 0.459. The zero-order valence-corrected chi connectivity index (χ0v) is 17.2. The van der Waals surface area contributed by atoms with Crippen molar-refractivity contribution in [3.8, 4) is 0 Å². The second-order valence-corrected chi connectivity index (χ2v) is 13.0. The van der Waals surface area contributed by atoms with E-state index in [2.05, 4.69) is 81.4 Å². The molecule has 26 heavy (non-hydrogen) atoms. The number of esters is 1. The minimum absolute atomic E-state index is 0.0417. The predicted octanol–water partition coefficient (Wildman–Crippen LogP) is 4.31. The molecular weight excluding hydrogens is 336 g/mol. The number of cyclic esters (lactones) is 1. The van der Waals surface area contributed by atoms with Crippen LogP contribution in [0, 0.1) is 0 Å². The van der Waals surface area contributed by atoms with Crippen LogP contribution < -0.4 is 10.4 Å². The van der Waals surface area contributed by atoms with E-state index >= 15 is 0 Å². The maximum atomic E-state index is 12.1. The average molecular weight is 365 g/mol. The molecule has 3 heteroatoms. The summed E-state index contributed by atoms with van der Waals surface area (Å²) in [6, 6.07) is 22.6. The molecule has 1 fully saturated rings. The molecule has 0 N–H and O–H groups in total. The lowest BCUT2D eigenvalue weighted by atomic mass is 10.2. The summed E-state index contributed by atoms with van der Waals surface area (Å²) in [6.07, 6.45) is 2.58. The van der Waals surface area contributed by atoms with E-state index in [0.29, 0.717) is 0 Å². The molecule has 2 aromatic carbocycles. The average Bonchev–Trinajstić information content (AvgIpc) is 2.99. The summed E-state index contributed by atoms with van der Waals surface area (Å²) in [7, 11) is -2.19. The standard InChI is InChI=1S/C23H28O2Si/c1-5-18-16-19(25-22(18)24)17-26(23(2,3)4,20-12-8-6-9-13-20)21-14-10-7-11-15-21/h5-15,19H,16-17H2,1-4H3/b18-5+. The van der Waals surface area contributed by atoms with E-state index < -0.39 is 8.07 Å². The number of rotatable bonds is 4. The first-order chi connectivity index (χ1) is 12.4. The normalized spacial score (nSPS) is 19.6.